The van der Waals surface area contributed by atoms with Crippen LogP contribution in [-0.4, -0.2) is 9.97 Å². The minimum Gasteiger partial charge on any atom is -0.473 e. The van der Waals surface area contributed by atoms with Gasteiger partial charge >= 0.3 is 0 Å². The zero-order valence-electron chi connectivity index (χ0n) is 8.63. The number of benzene rings is 1. The highest BCUT2D eigenvalue weighted by Crippen LogP contribution is 2.10. The fourth-order valence-corrected chi connectivity index (χ4v) is 1.22. The number of anilines is 1. The van der Waals surface area contributed by atoms with Crippen LogP contribution in [0, 0.1) is 0 Å². The predicted molar refractivity (Wildman–Crippen MR) is 60.6 cm³/mol. The Morgan fingerprint density at radius 3 is 2.75 bits per heavy atom. The molecule has 0 saturated heterocycles. The Balaban J connectivity index is 1.99. The molecule has 1 aromatic heterocycles. The summed E-state index contributed by atoms with van der Waals surface area (Å²) in [6.45, 7) is 0.474. The highest BCUT2D eigenvalue weighted by Gasteiger charge is 1.98. The SMILES string of the molecule is NNc1nccc(OCc2ccccc2)n1. The smallest absolute Gasteiger partial charge is 0.240 e. The van der Waals surface area contributed by atoms with Crippen LogP contribution >= 0.6 is 0 Å². The van der Waals surface area contributed by atoms with Gasteiger partial charge in [0.05, 0.1) is 0 Å². The predicted octanol–water partition coefficient (Wildman–Crippen LogP) is 1.34. The summed E-state index contributed by atoms with van der Waals surface area (Å²) in [5, 5.41) is 0. The van der Waals surface area contributed by atoms with Crippen molar-refractivity contribution in [1.29, 1.82) is 0 Å². The molecular weight excluding hydrogens is 204 g/mol. The Morgan fingerprint density at radius 1 is 1.19 bits per heavy atom. The van der Waals surface area contributed by atoms with E-state index in [9.17, 15) is 0 Å². The minimum absolute atomic E-state index is 0.338. The Bertz CT molecular complexity index is 447. The molecule has 0 saturated carbocycles. The summed E-state index contributed by atoms with van der Waals surface area (Å²) in [7, 11) is 0. The number of aromatic nitrogens is 2. The van der Waals surface area contributed by atoms with E-state index in [1.165, 1.54) is 0 Å². The quantitative estimate of drug-likeness (QED) is 0.596. The zero-order chi connectivity index (χ0) is 11.2. The van der Waals surface area contributed by atoms with Crippen LogP contribution in [0.2, 0.25) is 0 Å². The maximum Gasteiger partial charge on any atom is 0.240 e. The molecule has 0 bridgehead atoms. The van der Waals surface area contributed by atoms with Gasteiger partial charge in [-0.05, 0) is 5.56 Å². The average Bonchev–Trinajstić information content (AvgIpc) is 2.38. The first-order valence-corrected chi connectivity index (χ1v) is 4.85. The van der Waals surface area contributed by atoms with Gasteiger partial charge in [-0.1, -0.05) is 30.3 Å². The van der Waals surface area contributed by atoms with Crippen LogP contribution in [0.3, 0.4) is 0 Å². The largest absolute Gasteiger partial charge is 0.473 e. The maximum atomic E-state index is 5.49. The maximum absolute atomic E-state index is 5.49. The van der Waals surface area contributed by atoms with Gasteiger partial charge in [-0.25, -0.2) is 10.8 Å². The third kappa shape index (κ3) is 2.68. The number of nitrogens with one attached hydrogen (secondary N) is 1. The van der Waals surface area contributed by atoms with Gasteiger partial charge in [0.25, 0.3) is 0 Å². The van der Waals surface area contributed by atoms with Crippen molar-refractivity contribution in [2.24, 2.45) is 5.84 Å². The molecule has 5 nitrogen and oxygen atoms in total. The molecule has 0 fully saturated rings. The molecule has 2 rings (SSSR count). The third-order valence-corrected chi connectivity index (χ3v) is 1.99. The van der Waals surface area contributed by atoms with Crippen LogP contribution in [0.1, 0.15) is 5.56 Å². The van der Waals surface area contributed by atoms with E-state index < -0.39 is 0 Å². The minimum atomic E-state index is 0.338. The van der Waals surface area contributed by atoms with Crippen molar-refractivity contribution in [2.75, 3.05) is 5.43 Å². The average molecular weight is 216 g/mol. The Hall–Kier alpha value is -2.14. The van der Waals surface area contributed by atoms with Gasteiger partial charge < -0.3 is 4.74 Å². The van der Waals surface area contributed by atoms with E-state index in [1.807, 2.05) is 30.3 Å². The molecule has 0 aliphatic rings. The number of ether oxygens (including phenoxy) is 1. The van der Waals surface area contributed by atoms with Gasteiger partial charge in [-0.15, -0.1) is 0 Å². The number of nitrogens with zero attached hydrogens (tertiary/aromatic N) is 2. The Kier molecular flexibility index (Phi) is 3.30. The van der Waals surface area contributed by atoms with Crippen LogP contribution in [0.15, 0.2) is 42.6 Å². The van der Waals surface area contributed by atoms with Crippen molar-refractivity contribution in [3.8, 4) is 5.88 Å². The number of nitrogen functional groups attached to an aromatic ring is 1. The van der Waals surface area contributed by atoms with Gasteiger partial charge in [-0.3, -0.25) is 5.43 Å². The summed E-state index contributed by atoms with van der Waals surface area (Å²) >= 11 is 0. The number of hydrogen-bond donors (Lipinski definition) is 2. The summed E-state index contributed by atoms with van der Waals surface area (Å²) in [5.74, 6) is 6.03. The molecule has 0 radical (unpaired) electrons. The lowest BCUT2D eigenvalue weighted by molar-refractivity contribution is 0.294. The fraction of sp³-hybridized carbons (Fsp3) is 0.0909. The molecule has 0 spiro atoms. The number of nitrogens with two attached hydrogens (primary N) is 1. The highest BCUT2D eigenvalue weighted by molar-refractivity contribution is 5.25. The summed E-state index contributed by atoms with van der Waals surface area (Å²) in [6, 6.07) is 11.6. The van der Waals surface area contributed by atoms with Gasteiger partial charge in [0.2, 0.25) is 11.8 Å². The van der Waals surface area contributed by atoms with Gasteiger partial charge in [0.1, 0.15) is 6.61 Å². The zero-order valence-corrected chi connectivity index (χ0v) is 8.63. The summed E-state index contributed by atoms with van der Waals surface area (Å²) in [6.07, 6.45) is 1.59. The lowest BCUT2D eigenvalue weighted by atomic mass is 10.2. The van der Waals surface area contributed by atoms with Crippen molar-refractivity contribution in [3.63, 3.8) is 0 Å². The van der Waals surface area contributed by atoms with Crippen molar-refractivity contribution >= 4 is 5.95 Å². The second kappa shape index (κ2) is 5.09. The summed E-state index contributed by atoms with van der Waals surface area (Å²) in [4.78, 5) is 7.92. The van der Waals surface area contributed by atoms with E-state index >= 15 is 0 Å². The van der Waals surface area contributed by atoms with Crippen LogP contribution in [-0.2, 0) is 6.61 Å². The lowest BCUT2D eigenvalue weighted by Crippen LogP contribution is -2.10. The fourth-order valence-electron chi connectivity index (χ4n) is 1.22. The van der Waals surface area contributed by atoms with Gasteiger partial charge in [0.15, 0.2) is 0 Å². The molecule has 0 amide bonds. The molecule has 0 unspecified atom stereocenters. The molecular formula is C11H12N4O. The van der Waals surface area contributed by atoms with Crippen molar-refractivity contribution < 1.29 is 4.74 Å². The van der Waals surface area contributed by atoms with E-state index in [0.29, 0.717) is 18.4 Å². The number of hydrazine groups is 1. The molecule has 0 atom stereocenters. The molecule has 16 heavy (non-hydrogen) atoms. The second-order valence-electron chi connectivity index (χ2n) is 3.14. The molecule has 82 valence electrons. The van der Waals surface area contributed by atoms with Gasteiger partial charge in [-0.2, -0.15) is 4.98 Å². The van der Waals surface area contributed by atoms with Crippen LogP contribution in [0.25, 0.3) is 0 Å². The molecule has 3 N–H and O–H groups in total. The van der Waals surface area contributed by atoms with Crippen LogP contribution < -0.4 is 16.0 Å². The summed E-state index contributed by atoms with van der Waals surface area (Å²) < 4.78 is 5.49. The standard InChI is InChI=1S/C11H12N4O/c12-15-11-13-7-6-10(14-11)16-8-9-4-2-1-3-5-9/h1-7H,8,12H2,(H,13,14,15). The Labute approximate surface area is 93.3 Å². The first kappa shape index (κ1) is 10.4. The third-order valence-electron chi connectivity index (χ3n) is 1.99. The highest BCUT2D eigenvalue weighted by atomic mass is 16.5. The van der Waals surface area contributed by atoms with Crippen molar-refractivity contribution in [3.05, 3.63) is 48.2 Å². The van der Waals surface area contributed by atoms with Crippen molar-refractivity contribution in [2.45, 2.75) is 6.61 Å². The van der Waals surface area contributed by atoms with Crippen molar-refractivity contribution in [1.82, 2.24) is 9.97 Å². The van der Waals surface area contributed by atoms with Crippen LogP contribution in [0.5, 0.6) is 5.88 Å². The number of hydrogen-bond acceptors (Lipinski definition) is 5. The molecule has 0 aliphatic carbocycles. The van der Waals surface area contributed by atoms with Gasteiger partial charge in [0, 0.05) is 12.3 Å². The Morgan fingerprint density at radius 2 is 2.00 bits per heavy atom. The second-order valence-corrected chi connectivity index (χ2v) is 3.14. The van der Waals surface area contributed by atoms with E-state index in [1.54, 1.807) is 12.3 Å². The molecule has 1 heterocycles. The molecule has 1 aromatic carbocycles. The lowest BCUT2D eigenvalue weighted by Gasteiger charge is -2.05. The summed E-state index contributed by atoms with van der Waals surface area (Å²) in [5.41, 5.74) is 3.45. The van der Waals surface area contributed by atoms with E-state index in [2.05, 4.69) is 15.4 Å². The molecule has 2 aromatic rings. The first-order chi connectivity index (χ1) is 7.88. The topological polar surface area (TPSA) is 73.1 Å². The number of rotatable bonds is 4. The van der Waals surface area contributed by atoms with E-state index in [4.69, 9.17) is 10.6 Å². The molecule has 5 heteroatoms. The molecule has 0 aliphatic heterocycles. The first-order valence-electron chi connectivity index (χ1n) is 4.85. The van der Waals surface area contributed by atoms with E-state index in [-0.39, 0.29) is 0 Å². The van der Waals surface area contributed by atoms with Crippen LogP contribution in [0.4, 0.5) is 5.95 Å². The normalized spacial score (nSPS) is 9.81. The monoisotopic (exact) mass is 216 g/mol. The van der Waals surface area contributed by atoms with E-state index in [0.717, 1.165) is 5.56 Å².